The van der Waals surface area contributed by atoms with Crippen LogP contribution in [0.1, 0.15) is 35.0 Å². The number of hydrogen-bond acceptors (Lipinski definition) is 4. The fraction of sp³-hybridized carbons (Fsp3) is 0.200. The topological polar surface area (TPSA) is 79.8 Å². The van der Waals surface area contributed by atoms with E-state index >= 15 is 0 Å². The standard InChI is InChI=1S/C15H15N3O3/c1-9-6-7-11(21-9)10(2)16-14-13(15(19)20)18-8-4-3-5-12(18)17-14/h3-8,10,16H,1-2H3,(H,19,20). The Labute approximate surface area is 121 Å². The Bertz CT molecular complexity index is 803. The first-order chi connectivity index (χ1) is 10.1. The first-order valence-electron chi connectivity index (χ1n) is 6.59. The van der Waals surface area contributed by atoms with E-state index in [2.05, 4.69) is 10.3 Å². The van der Waals surface area contributed by atoms with Crippen LogP contribution in [-0.2, 0) is 0 Å². The highest BCUT2D eigenvalue weighted by atomic mass is 16.4. The van der Waals surface area contributed by atoms with Gasteiger partial charge >= 0.3 is 5.97 Å². The molecule has 0 amide bonds. The number of furan rings is 1. The number of pyridine rings is 1. The predicted octanol–water partition coefficient (Wildman–Crippen LogP) is 3.11. The third-order valence-electron chi connectivity index (χ3n) is 3.27. The second-order valence-corrected chi connectivity index (χ2v) is 4.86. The van der Waals surface area contributed by atoms with Crippen molar-refractivity contribution in [1.29, 1.82) is 0 Å². The number of imidazole rings is 1. The third-order valence-corrected chi connectivity index (χ3v) is 3.27. The molecule has 3 aromatic rings. The number of rotatable bonds is 4. The van der Waals surface area contributed by atoms with E-state index in [0.717, 1.165) is 11.5 Å². The average molecular weight is 285 g/mol. The summed E-state index contributed by atoms with van der Waals surface area (Å²) >= 11 is 0. The fourth-order valence-electron chi connectivity index (χ4n) is 2.26. The maximum absolute atomic E-state index is 11.5. The number of aromatic carboxylic acids is 1. The second-order valence-electron chi connectivity index (χ2n) is 4.86. The van der Waals surface area contributed by atoms with Gasteiger partial charge in [-0.1, -0.05) is 6.07 Å². The van der Waals surface area contributed by atoms with Gasteiger partial charge in [0.25, 0.3) is 0 Å². The summed E-state index contributed by atoms with van der Waals surface area (Å²) in [4.78, 5) is 15.8. The fourth-order valence-corrected chi connectivity index (χ4v) is 2.26. The van der Waals surface area contributed by atoms with E-state index in [4.69, 9.17) is 4.42 Å². The van der Waals surface area contributed by atoms with Crippen LogP contribution in [0.25, 0.3) is 5.65 Å². The van der Waals surface area contributed by atoms with Gasteiger partial charge in [-0.25, -0.2) is 9.78 Å². The molecule has 0 bridgehead atoms. The molecule has 1 atom stereocenters. The second kappa shape index (κ2) is 4.97. The SMILES string of the molecule is Cc1ccc(C(C)Nc2nc3ccccn3c2C(=O)O)o1. The van der Waals surface area contributed by atoms with Crippen molar-refractivity contribution in [3.05, 3.63) is 53.7 Å². The molecule has 0 radical (unpaired) electrons. The summed E-state index contributed by atoms with van der Waals surface area (Å²) in [7, 11) is 0. The number of hydrogen-bond donors (Lipinski definition) is 2. The molecule has 2 N–H and O–H groups in total. The van der Waals surface area contributed by atoms with E-state index in [-0.39, 0.29) is 11.7 Å². The lowest BCUT2D eigenvalue weighted by molar-refractivity contribution is 0.0690. The first-order valence-corrected chi connectivity index (χ1v) is 6.59. The Hall–Kier alpha value is -2.76. The molecule has 3 aromatic heterocycles. The van der Waals surface area contributed by atoms with E-state index < -0.39 is 5.97 Å². The minimum Gasteiger partial charge on any atom is -0.476 e. The highest BCUT2D eigenvalue weighted by Gasteiger charge is 2.21. The van der Waals surface area contributed by atoms with Crippen molar-refractivity contribution in [3.63, 3.8) is 0 Å². The minimum atomic E-state index is -1.03. The zero-order chi connectivity index (χ0) is 15.0. The summed E-state index contributed by atoms with van der Waals surface area (Å²) in [5.74, 6) is 0.849. The van der Waals surface area contributed by atoms with E-state index in [0.29, 0.717) is 11.5 Å². The van der Waals surface area contributed by atoms with Crippen LogP contribution < -0.4 is 5.32 Å². The average Bonchev–Trinajstić information content (AvgIpc) is 3.01. The molecule has 0 aliphatic carbocycles. The number of carboxylic acids is 1. The van der Waals surface area contributed by atoms with Gasteiger partial charge in [0, 0.05) is 6.20 Å². The maximum atomic E-state index is 11.5. The molecule has 1 unspecified atom stereocenters. The van der Waals surface area contributed by atoms with Crippen LogP contribution in [-0.4, -0.2) is 20.5 Å². The van der Waals surface area contributed by atoms with Gasteiger partial charge in [-0.3, -0.25) is 4.40 Å². The summed E-state index contributed by atoms with van der Waals surface area (Å²) in [5, 5.41) is 12.5. The van der Waals surface area contributed by atoms with Crippen LogP contribution in [0.4, 0.5) is 5.82 Å². The number of aromatic nitrogens is 2. The molecule has 108 valence electrons. The summed E-state index contributed by atoms with van der Waals surface area (Å²) in [6.45, 7) is 3.76. The first kappa shape index (κ1) is 13.2. The molecule has 0 aliphatic heterocycles. The minimum absolute atomic E-state index is 0.112. The van der Waals surface area contributed by atoms with Gasteiger partial charge in [0.1, 0.15) is 17.2 Å². The zero-order valence-corrected chi connectivity index (χ0v) is 11.7. The summed E-state index contributed by atoms with van der Waals surface area (Å²) < 4.78 is 7.09. The number of nitrogens with one attached hydrogen (secondary N) is 1. The van der Waals surface area contributed by atoms with Crippen molar-refractivity contribution < 1.29 is 14.3 Å². The van der Waals surface area contributed by atoms with E-state index in [1.165, 1.54) is 0 Å². The summed E-state index contributed by atoms with van der Waals surface area (Å²) in [5.41, 5.74) is 0.695. The van der Waals surface area contributed by atoms with Gasteiger partial charge in [-0.15, -0.1) is 0 Å². The molecule has 0 aliphatic rings. The van der Waals surface area contributed by atoms with Crippen molar-refractivity contribution in [2.24, 2.45) is 0 Å². The number of nitrogens with zero attached hydrogens (tertiary/aromatic N) is 2. The van der Waals surface area contributed by atoms with E-state index in [9.17, 15) is 9.90 Å². The Kier molecular flexibility index (Phi) is 3.13. The van der Waals surface area contributed by atoms with Crippen LogP contribution in [0, 0.1) is 6.92 Å². The van der Waals surface area contributed by atoms with Gasteiger partial charge < -0.3 is 14.8 Å². The van der Waals surface area contributed by atoms with Gasteiger partial charge in [-0.2, -0.15) is 0 Å². The van der Waals surface area contributed by atoms with Gasteiger partial charge in [0.15, 0.2) is 11.5 Å². The van der Waals surface area contributed by atoms with Crippen molar-refractivity contribution in [2.75, 3.05) is 5.32 Å². The molecule has 3 heterocycles. The molecule has 6 heteroatoms. The zero-order valence-electron chi connectivity index (χ0n) is 11.7. The predicted molar refractivity (Wildman–Crippen MR) is 77.6 cm³/mol. The molecule has 21 heavy (non-hydrogen) atoms. The smallest absolute Gasteiger partial charge is 0.356 e. The van der Waals surface area contributed by atoms with Crippen LogP contribution in [0.2, 0.25) is 0 Å². The molecule has 0 saturated heterocycles. The van der Waals surface area contributed by atoms with Gasteiger partial charge in [0.05, 0.1) is 6.04 Å². The molecule has 3 rings (SSSR count). The number of aryl methyl sites for hydroxylation is 1. The lowest BCUT2D eigenvalue weighted by atomic mass is 10.2. The third kappa shape index (κ3) is 2.35. The van der Waals surface area contributed by atoms with Crippen LogP contribution in [0.15, 0.2) is 40.9 Å². The highest BCUT2D eigenvalue weighted by molar-refractivity contribution is 5.93. The Balaban J connectivity index is 2.00. The van der Waals surface area contributed by atoms with Crippen molar-refractivity contribution in [2.45, 2.75) is 19.9 Å². The van der Waals surface area contributed by atoms with Crippen LogP contribution in [0.5, 0.6) is 0 Å². The molecular formula is C15H15N3O3. The monoisotopic (exact) mass is 285 g/mol. The molecule has 6 nitrogen and oxygen atoms in total. The Morgan fingerprint density at radius 1 is 1.38 bits per heavy atom. The van der Waals surface area contributed by atoms with Crippen molar-refractivity contribution in [1.82, 2.24) is 9.38 Å². The molecule has 0 aromatic carbocycles. The van der Waals surface area contributed by atoms with Crippen LogP contribution in [0.3, 0.4) is 0 Å². The lowest BCUT2D eigenvalue weighted by Gasteiger charge is -2.11. The van der Waals surface area contributed by atoms with Crippen molar-refractivity contribution >= 4 is 17.4 Å². The normalized spacial score (nSPS) is 12.5. The molecule has 0 saturated carbocycles. The van der Waals surface area contributed by atoms with E-state index in [1.807, 2.05) is 32.0 Å². The van der Waals surface area contributed by atoms with Crippen molar-refractivity contribution in [3.8, 4) is 0 Å². The highest BCUT2D eigenvalue weighted by Crippen LogP contribution is 2.24. The molecule has 0 fully saturated rings. The summed E-state index contributed by atoms with van der Waals surface area (Å²) in [6, 6.07) is 8.90. The van der Waals surface area contributed by atoms with Gasteiger partial charge in [-0.05, 0) is 38.1 Å². The van der Waals surface area contributed by atoms with Gasteiger partial charge in [0.2, 0.25) is 0 Å². The van der Waals surface area contributed by atoms with Crippen LogP contribution >= 0.6 is 0 Å². The quantitative estimate of drug-likeness (QED) is 0.770. The molecular weight excluding hydrogens is 270 g/mol. The Morgan fingerprint density at radius 3 is 2.86 bits per heavy atom. The number of carboxylic acid groups (broad SMARTS) is 1. The lowest BCUT2D eigenvalue weighted by Crippen LogP contribution is -2.11. The summed E-state index contributed by atoms with van der Waals surface area (Å²) in [6.07, 6.45) is 1.68. The largest absolute Gasteiger partial charge is 0.476 e. The maximum Gasteiger partial charge on any atom is 0.356 e. The number of carbonyl (C=O) groups is 1. The Morgan fingerprint density at radius 2 is 2.19 bits per heavy atom. The number of fused-ring (bicyclic) bond motifs is 1. The van der Waals surface area contributed by atoms with E-state index in [1.54, 1.807) is 22.7 Å². The molecule has 0 spiro atoms. The number of anilines is 1.